The van der Waals surface area contributed by atoms with Crippen molar-refractivity contribution in [3.8, 4) is 0 Å². The van der Waals surface area contributed by atoms with Gasteiger partial charge in [-0.2, -0.15) is 15.0 Å². The molecule has 0 saturated carbocycles. The first-order valence-corrected chi connectivity index (χ1v) is 6.97. The molecule has 7 nitrogen and oxygen atoms in total. The van der Waals surface area contributed by atoms with Gasteiger partial charge in [-0.05, 0) is 25.3 Å². The van der Waals surface area contributed by atoms with Crippen molar-refractivity contribution in [2.24, 2.45) is 5.92 Å². The van der Waals surface area contributed by atoms with Gasteiger partial charge in [0.05, 0.1) is 13.2 Å². The highest BCUT2D eigenvalue weighted by Gasteiger charge is 2.21. The minimum atomic E-state index is 0.282. The monoisotopic (exact) mass is 280 g/mol. The van der Waals surface area contributed by atoms with E-state index in [4.69, 9.17) is 10.5 Å². The molecule has 7 heteroatoms. The second-order valence-corrected chi connectivity index (χ2v) is 5.50. The molecule has 1 aromatic rings. The molecular weight excluding hydrogens is 256 g/mol. The van der Waals surface area contributed by atoms with Crippen molar-refractivity contribution in [3.63, 3.8) is 0 Å². The number of nitrogens with zero attached hydrogens (tertiary/aromatic N) is 5. The fourth-order valence-corrected chi connectivity index (χ4v) is 2.56. The summed E-state index contributed by atoms with van der Waals surface area (Å²) in [6.45, 7) is 3.63. The number of aromatic nitrogens is 3. The number of methoxy groups -OCH3 is 1. The van der Waals surface area contributed by atoms with E-state index in [1.54, 1.807) is 7.11 Å². The van der Waals surface area contributed by atoms with Crippen LogP contribution in [0.15, 0.2) is 0 Å². The van der Waals surface area contributed by atoms with Gasteiger partial charge in [-0.25, -0.2) is 0 Å². The van der Waals surface area contributed by atoms with E-state index in [0.717, 1.165) is 25.5 Å². The molecule has 1 aliphatic heterocycles. The first-order chi connectivity index (χ1) is 9.58. The summed E-state index contributed by atoms with van der Waals surface area (Å²) in [5.74, 6) is 2.22. The van der Waals surface area contributed by atoms with E-state index in [-0.39, 0.29) is 5.95 Å². The Morgan fingerprint density at radius 3 is 2.85 bits per heavy atom. The molecule has 1 fully saturated rings. The normalized spacial score (nSPS) is 20.1. The highest BCUT2D eigenvalue weighted by molar-refractivity contribution is 5.32. The van der Waals surface area contributed by atoms with E-state index >= 15 is 0 Å². The number of likely N-dealkylation sites (tertiary alicyclic amines) is 1. The minimum absolute atomic E-state index is 0.282. The summed E-state index contributed by atoms with van der Waals surface area (Å²) in [6, 6.07) is 0. The Morgan fingerprint density at radius 1 is 1.35 bits per heavy atom. The van der Waals surface area contributed by atoms with Crippen molar-refractivity contribution < 1.29 is 4.74 Å². The third-order valence-corrected chi connectivity index (χ3v) is 3.46. The van der Waals surface area contributed by atoms with Crippen molar-refractivity contribution in [2.75, 3.05) is 51.5 Å². The lowest BCUT2D eigenvalue weighted by atomic mass is 9.99. The number of nitrogens with two attached hydrogens (primary N) is 1. The average molecular weight is 280 g/mol. The molecule has 1 saturated heterocycles. The smallest absolute Gasteiger partial charge is 0.229 e. The molecule has 0 amide bonds. The van der Waals surface area contributed by atoms with Crippen LogP contribution in [0.5, 0.6) is 0 Å². The Kier molecular flexibility index (Phi) is 5.08. The summed E-state index contributed by atoms with van der Waals surface area (Å²) >= 11 is 0. The van der Waals surface area contributed by atoms with Crippen LogP contribution in [0.2, 0.25) is 0 Å². The van der Waals surface area contributed by atoms with Crippen LogP contribution in [-0.2, 0) is 11.3 Å². The average Bonchev–Trinajstić information content (AvgIpc) is 2.38. The lowest BCUT2D eigenvalue weighted by Gasteiger charge is -2.31. The van der Waals surface area contributed by atoms with Crippen LogP contribution in [0.1, 0.15) is 18.7 Å². The SMILES string of the molecule is COCC1CCCN(Cc2nc(N)nc(N(C)C)n2)C1. The van der Waals surface area contributed by atoms with Gasteiger partial charge in [0.1, 0.15) is 5.82 Å². The number of hydrogen-bond donors (Lipinski definition) is 1. The fraction of sp³-hybridized carbons (Fsp3) is 0.769. The molecule has 2 heterocycles. The minimum Gasteiger partial charge on any atom is -0.384 e. The van der Waals surface area contributed by atoms with Gasteiger partial charge in [0.15, 0.2) is 0 Å². The summed E-state index contributed by atoms with van der Waals surface area (Å²) in [5.41, 5.74) is 5.75. The molecule has 1 unspecified atom stereocenters. The van der Waals surface area contributed by atoms with Crippen LogP contribution >= 0.6 is 0 Å². The van der Waals surface area contributed by atoms with Crippen molar-refractivity contribution in [1.82, 2.24) is 19.9 Å². The Bertz CT molecular complexity index is 437. The topological polar surface area (TPSA) is 80.4 Å². The molecule has 1 aliphatic rings. The number of rotatable bonds is 5. The van der Waals surface area contributed by atoms with E-state index in [1.807, 2.05) is 19.0 Å². The van der Waals surface area contributed by atoms with Crippen LogP contribution in [0.25, 0.3) is 0 Å². The Balaban J connectivity index is 2.02. The van der Waals surface area contributed by atoms with E-state index in [0.29, 0.717) is 18.4 Å². The Labute approximate surface area is 120 Å². The summed E-state index contributed by atoms with van der Waals surface area (Å²) in [7, 11) is 5.55. The second-order valence-electron chi connectivity index (χ2n) is 5.50. The predicted molar refractivity (Wildman–Crippen MR) is 78.4 cm³/mol. The molecule has 2 N–H and O–H groups in total. The molecule has 1 atom stereocenters. The van der Waals surface area contributed by atoms with Crippen molar-refractivity contribution in [1.29, 1.82) is 0 Å². The first-order valence-electron chi connectivity index (χ1n) is 6.97. The van der Waals surface area contributed by atoms with E-state index in [1.165, 1.54) is 12.8 Å². The van der Waals surface area contributed by atoms with Gasteiger partial charge in [0.25, 0.3) is 0 Å². The third kappa shape index (κ3) is 4.01. The summed E-state index contributed by atoms with van der Waals surface area (Å²) in [6.07, 6.45) is 2.42. The lowest BCUT2D eigenvalue weighted by molar-refractivity contribution is 0.0861. The van der Waals surface area contributed by atoms with Crippen LogP contribution < -0.4 is 10.6 Å². The molecule has 0 spiro atoms. The molecule has 2 rings (SSSR count). The third-order valence-electron chi connectivity index (χ3n) is 3.46. The number of hydrogen-bond acceptors (Lipinski definition) is 7. The van der Waals surface area contributed by atoms with Crippen LogP contribution in [-0.4, -0.2) is 60.8 Å². The standard InChI is InChI=1S/C13H24N6O/c1-18(2)13-16-11(15-12(14)17-13)8-19-6-4-5-10(7-19)9-20-3/h10H,4-9H2,1-3H3,(H2,14,15,16,17). The number of anilines is 2. The van der Waals surface area contributed by atoms with Gasteiger partial charge >= 0.3 is 0 Å². The fourth-order valence-electron chi connectivity index (χ4n) is 2.56. The van der Waals surface area contributed by atoms with Gasteiger partial charge in [-0.15, -0.1) is 0 Å². The zero-order valence-corrected chi connectivity index (χ0v) is 12.5. The summed E-state index contributed by atoms with van der Waals surface area (Å²) in [5, 5.41) is 0. The highest BCUT2D eigenvalue weighted by atomic mass is 16.5. The van der Waals surface area contributed by atoms with Crippen molar-refractivity contribution in [3.05, 3.63) is 5.82 Å². The maximum Gasteiger partial charge on any atom is 0.229 e. The van der Waals surface area contributed by atoms with Gasteiger partial charge in [0.2, 0.25) is 11.9 Å². The maximum absolute atomic E-state index is 5.75. The molecule has 0 aliphatic carbocycles. The van der Waals surface area contributed by atoms with Crippen LogP contribution in [0, 0.1) is 5.92 Å². The molecule has 112 valence electrons. The molecule has 0 aromatic carbocycles. The van der Waals surface area contributed by atoms with Crippen molar-refractivity contribution >= 4 is 11.9 Å². The lowest BCUT2D eigenvalue weighted by Crippen LogP contribution is -2.37. The summed E-state index contributed by atoms with van der Waals surface area (Å²) < 4.78 is 5.25. The van der Waals surface area contributed by atoms with Crippen LogP contribution in [0.3, 0.4) is 0 Å². The molecule has 1 aromatic heterocycles. The van der Waals surface area contributed by atoms with E-state index in [9.17, 15) is 0 Å². The van der Waals surface area contributed by atoms with Gasteiger partial charge < -0.3 is 15.4 Å². The Hall–Kier alpha value is -1.47. The zero-order valence-electron chi connectivity index (χ0n) is 12.5. The van der Waals surface area contributed by atoms with Gasteiger partial charge in [-0.3, -0.25) is 4.90 Å². The second kappa shape index (κ2) is 6.81. The van der Waals surface area contributed by atoms with Crippen molar-refractivity contribution in [2.45, 2.75) is 19.4 Å². The van der Waals surface area contributed by atoms with Crippen LogP contribution in [0.4, 0.5) is 11.9 Å². The number of nitrogen functional groups attached to an aromatic ring is 1. The summed E-state index contributed by atoms with van der Waals surface area (Å²) in [4.78, 5) is 17.0. The Morgan fingerprint density at radius 2 is 2.15 bits per heavy atom. The zero-order chi connectivity index (χ0) is 14.5. The number of ether oxygens (including phenoxy) is 1. The molecule has 20 heavy (non-hydrogen) atoms. The number of piperidine rings is 1. The van der Waals surface area contributed by atoms with E-state index in [2.05, 4.69) is 19.9 Å². The largest absolute Gasteiger partial charge is 0.384 e. The molecule has 0 radical (unpaired) electrons. The van der Waals surface area contributed by atoms with Gasteiger partial charge in [-0.1, -0.05) is 0 Å². The highest BCUT2D eigenvalue weighted by Crippen LogP contribution is 2.18. The molecular formula is C13H24N6O. The maximum atomic E-state index is 5.75. The van der Waals surface area contributed by atoms with Gasteiger partial charge in [0, 0.05) is 27.7 Å². The quantitative estimate of drug-likeness (QED) is 0.835. The molecule has 0 bridgehead atoms. The first kappa shape index (κ1) is 14.9. The predicted octanol–water partition coefficient (Wildman–Crippen LogP) is 0.378. The van der Waals surface area contributed by atoms with E-state index < -0.39 is 0 Å².